The van der Waals surface area contributed by atoms with E-state index in [0.29, 0.717) is 24.0 Å². The standard InChI is InChI=1S/C19H27NO2/c1-13(2)11-15-12-17(16-9-6-10-18(16)22-15)20-19(21)14-7-4-3-5-8-14/h3-5,7-8,13,15-18H,6,9-12H2,1-2H3,(H,20,21)/t15-,16-,17+,18+/m0/s1. The first kappa shape index (κ1) is 15.5. The van der Waals surface area contributed by atoms with Crippen LogP contribution in [0.5, 0.6) is 0 Å². The Morgan fingerprint density at radius 2 is 2.05 bits per heavy atom. The highest BCUT2D eigenvalue weighted by atomic mass is 16.5. The lowest BCUT2D eigenvalue weighted by Gasteiger charge is -2.40. The molecule has 1 saturated carbocycles. The van der Waals surface area contributed by atoms with Crippen molar-refractivity contribution in [3.8, 4) is 0 Å². The number of benzene rings is 1. The van der Waals surface area contributed by atoms with Crippen LogP contribution in [0.15, 0.2) is 30.3 Å². The summed E-state index contributed by atoms with van der Waals surface area (Å²) in [6.45, 7) is 4.48. The maximum atomic E-state index is 12.5. The highest BCUT2D eigenvalue weighted by molar-refractivity contribution is 5.94. The van der Waals surface area contributed by atoms with Gasteiger partial charge in [0.25, 0.3) is 5.91 Å². The third-order valence-corrected chi connectivity index (χ3v) is 4.99. The smallest absolute Gasteiger partial charge is 0.251 e. The van der Waals surface area contributed by atoms with Gasteiger partial charge in [-0.15, -0.1) is 0 Å². The number of hydrogen-bond acceptors (Lipinski definition) is 2. The molecule has 1 aliphatic heterocycles. The minimum atomic E-state index is 0.0569. The van der Waals surface area contributed by atoms with Gasteiger partial charge in [0.05, 0.1) is 12.2 Å². The van der Waals surface area contributed by atoms with Crippen molar-refractivity contribution >= 4 is 5.91 Å². The Balaban J connectivity index is 1.68. The molecule has 2 aliphatic rings. The topological polar surface area (TPSA) is 38.3 Å². The van der Waals surface area contributed by atoms with Gasteiger partial charge in [0.1, 0.15) is 0 Å². The van der Waals surface area contributed by atoms with E-state index < -0.39 is 0 Å². The lowest BCUT2D eigenvalue weighted by atomic mass is 9.86. The van der Waals surface area contributed by atoms with Crippen LogP contribution in [0.1, 0.15) is 56.3 Å². The SMILES string of the molecule is CC(C)C[C@H]1C[C@@H](NC(=O)c2ccccc2)[C@@H]2CCC[C@H]2O1. The van der Waals surface area contributed by atoms with Crippen LogP contribution in [0.3, 0.4) is 0 Å². The van der Waals surface area contributed by atoms with E-state index in [-0.39, 0.29) is 11.9 Å². The van der Waals surface area contributed by atoms with Gasteiger partial charge in [0.2, 0.25) is 0 Å². The van der Waals surface area contributed by atoms with Crippen LogP contribution in [0.4, 0.5) is 0 Å². The van der Waals surface area contributed by atoms with E-state index in [9.17, 15) is 4.79 Å². The third-order valence-electron chi connectivity index (χ3n) is 4.99. The Morgan fingerprint density at radius 3 is 2.77 bits per heavy atom. The molecule has 1 aliphatic carbocycles. The second-order valence-electron chi connectivity index (χ2n) is 7.20. The van der Waals surface area contributed by atoms with Gasteiger partial charge in [-0.1, -0.05) is 38.5 Å². The molecule has 1 aromatic rings. The van der Waals surface area contributed by atoms with Gasteiger partial charge in [-0.3, -0.25) is 4.79 Å². The van der Waals surface area contributed by atoms with Crippen LogP contribution < -0.4 is 5.32 Å². The van der Waals surface area contributed by atoms with Gasteiger partial charge in [-0.05, 0) is 43.7 Å². The second-order valence-corrected chi connectivity index (χ2v) is 7.20. The predicted octanol–water partition coefficient (Wildman–Crippen LogP) is 3.79. The summed E-state index contributed by atoms with van der Waals surface area (Å²) >= 11 is 0. The minimum Gasteiger partial charge on any atom is -0.375 e. The van der Waals surface area contributed by atoms with E-state index in [4.69, 9.17) is 4.74 Å². The summed E-state index contributed by atoms with van der Waals surface area (Å²) in [6.07, 6.45) is 6.23. The van der Waals surface area contributed by atoms with E-state index in [1.54, 1.807) is 0 Å². The number of hydrogen-bond donors (Lipinski definition) is 1. The van der Waals surface area contributed by atoms with Crippen LogP contribution >= 0.6 is 0 Å². The fraction of sp³-hybridized carbons (Fsp3) is 0.632. The molecule has 0 bridgehead atoms. The maximum Gasteiger partial charge on any atom is 0.251 e. The monoisotopic (exact) mass is 301 g/mol. The van der Waals surface area contributed by atoms with Crippen LogP contribution in [-0.2, 0) is 4.74 Å². The molecule has 1 aromatic carbocycles. The van der Waals surface area contributed by atoms with Crippen molar-refractivity contribution in [3.63, 3.8) is 0 Å². The molecule has 0 radical (unpaired) electrons. The van der Waals surface area contributed by atoms with Gasteiger partial charge in [0, 0.05) is 17.5 Å². The molecule has 0 unspecified atom stereocenters. The van der Waals surface area contributed by atoms with Crippen molar-refractivity contribution in [3.05, 3.63) is 35.9 Å². The Labute approximate surface area is 133 Å². The van der Waals surface area contributed by atoms with Crippen molar-refractivity contribution < 1.29 is 9.53 Å². The molecule has 0 aromatic heterocycles. The summed E-state index contributed by atoms with van der Waals surface area (Å²) < 4.78 is 6.29. The van der Waals surface area contributed by atoms with Gasteiger partial charge in [-0.2, -0.15) is 0 Å². The lowest BCUT2D eigenvalue weighted by molar-refractivity contribution is -0.0891. The molecule has 4 atom stereocenters. The molecule has 0 spiro atoms. The largest absolute Gasteiger partial charge is 0.375 e. The summed E-state index contributed by atoms with van der Waals surface area (Å²) in [5.74, 6) is 1.19. The first-order valence-corrected chi connectivity index (χ1v) is 8.65. The zero-order valence-corrected chi connectivity index (χ0v) is 13.6. The van der Waals surface area contributed by atoms with Gasteiger partial charge < -0.3 is 10.1 Å². The average Bonchev–Trinajstić information content (AvgIpc) is 2.96. The van der Waals surface area contributed by atoms with Crippen molar-refractivity contribution in [2.45, 2.75) is 64.2 Å². The Kier molecular flexibility index (Phi) is 4.82. The molecular weight excluding hydrogens is 274 g/mol. The van der Waals surface area contributed by atoms with E-state index in [1.165, 1.54) is 12.8 Å². The van der Waals surface area contributed by atoms with Gasteiger partial charge in [0.15, 0.2) is 0 Å². The van der Waals surface area contributed by atoms with E-state index >= 15 is 0 Å². The molecule has 1 N–H and O–H groups in total. The molecule has 1 amide bonds. The van der Waals surface area contributed by atoms with Crippen molar-refractivity contribution in [1.29, 1.82) is 0 Å². The number of rotatable bonds is 4. The molecule has 1 saturated heterocycles. The average molecular weight is 301 g/mol. The van der Waals surface area contributed by atoms with E-state index in [0.717, 1.165) is 24.8 Å². The first-order chi connectivity index (χ1) is 10.6. The second kappa shape index (κ2) is 6.82. The van der Waals surface area contributed by atoms with Crippen molar-refractivity contribution in [1.82, 2.24) is 5.32 Å². The predicted molar refractivity (Wildman–Crippen MR) is 87.8 cm³/mol. The van der Waals surface area contributed by atoms with Crippen LogP contribution in [0, 0.1) is 11.8 Å². The zero-order chi connectivity index (χ0) is 15.5. The molecular formula is C19H27NO2. The summed E-state index contributed by atoms with van der Waals surface area (Å²) in [4.78, 5) is 12.5. The summed E-state index contributed by atoms with van der Waals surface area (Å²) in [5.41, 5.74) is 0.754. The lowest BCUT2D eigenvalue weighted by Crippen LogP contribution is -2.50. The zero-order valence-electron chi connectivity index (χ0n) is 13.6. The quantitative estimate of drug-likeness (QED) is 0.919. The molecule has 120 valence electrons. The maximum absolute atomic E-state index is 12.5. The normalized spacial score (nSPS) is 31.0. The number of carbonyl (C=O) groups excluding carboxylic acids is 1. The molecule has 22 heavy (non-hydrogen) atoms. The summed E-state index contributed by atoms with van der Waals surface area (Å²) in [5, 5.41) is 3.29. The fourth-order valence-electron chi connectivity index (χ4n) is 4.03. The molecule has 3 nitrogen and oxygen atoms in total. The number of amides is 1. The van der Waals surface area contributed by atoms with E-state index in [2.05, 4.69) is 19.2 Å². The van der Waals surface area contributed by atoms with Crippen LogP contribution in [0.25, 0.3) is 0 Å². The third kappa shape index (κ3) is 3.52. The highest BCUT2D eigenvalue weighted by Gasteiger charge is 2.41. The number of fused-ring (bicyclic) bond motifs is 1. The number of ether oxygens (including phenoxy) is 1. The molecule has 3 heteroatoms. The van der Waals surface area contributed by atoms with Gasteiger partial charge >= 0.3 is 0 Å². The van der Waals surface area contributed by atoms with Crippen molar-refractivity contribution in [2.75, 3.05) is 0 Å². The Morgan fingerprint density at radius 1 is 1.27 bits per heavy atom. The molecule has 1 heterocycles. The van der Waals surface area contributed by atoms with Crippen LogP contribution in [-0.4, -0.2) is 24.2 Å². The Hall–Kier alpha value is -1.35. The molecule has 3 rings (SSSR count). The fourth-order valence-corrected chi connectivity index (χ4v) is 4.03. The summed E-state index contributed by atoms with van der Waals surface area (Å²) in [6, 6.07) is 9.80. The summed E-state index contributed by atoms with van der Waals surface area (Å²) in [7, 11) is 0. The Bertz CT molecular complexity index is 499. The number of nitrogens with one attached hydrogen (secondary N) is 1. The minimum absolute atomic E-state index is 0.0569. The van der Waals surface area contributed by atoms with Crippen molar-refractivity contribution in [2.24, 2.45) is 11.8 Å². The van der Waals surface area contributed by atoms with Crippen LogP contribution in [0.2, 0.25) is 0 Å². The van der Waals surface area contributed by atoms with E-state index in [1.807, 2.05) is 30.3 Å². The molecule has 2 fully saturated rings. The number of carbonyl (C=O) groups is 1. The first-order valence-electron chi connectivity index (χ1n) is 8.65. The van der Waals surface area contributed by atoms with Gasteiger partial charge in [-0.25, -0.2) is 0 Å². The highest BCUT2D eigenvalue weighted by Crippen LogP contribution is 2.39.